The van der Waals surface area contributed by atoms with E-state index in [9.17, 15) is 9.90 Å². The number of nitrogens with zero attached hydrogens (tertiary/aromatic N) is 1. The van der Waals surface area contributed by atoms with Crippen LogP contribution in [0.4, 0.5) is 0 Å². The number of H-pyrrole nitrogens is 1. The summed E-state index contributed by atoms with van der Waals surface area (Å²) in [5.74, 6) is -0.552. The molecule has 5 N–H and O–H groups in total. The van der Waals surface area contributed by atoms with Gasteiger partial charge in [-0.05, 0) is 35.6 Å². The Hall–Kier alpha value is -2.48. The maximum absolute atomic E-state index is 11.1. The second kappa shape index (κ2) is 8.06. The number of fused-ring (bicyclic) bond motifs is 1. The Bertz CT molecular complexity index is 743. The number of hydroxylamine groups is 1. The van der Waals surface area contributed by atoms with E-state index < -0.39 is 5.91 Å². The molecule has 1 heterocycles. The van der Waals surface area contributed by atoms with Crippen molar-refractivity contribution >= 4 is 12.0 Å². The fourth-order valence-electron chi connectivity index (χ4n) is 3.24. The number of aromatic nitrogens is 2. The van der Waals surface area contributed by atoms with Crippen molar-refractivity contribution in [2.75, 3.05) is 6.61 Å². The zero-order chi connectivity index (χ0) is 17.6. The van der Waals surface area contributed by atoms with Crippen molar-refractivity contribution in [1.29, 1.82) is 0 Å². The first-order valence-electron chi connectivity index (χ1n) is 8.29. The Balaban J connectivity index is 1.67. The van der Waals surface area contributed by atoms with Gasteiger partial charge in [-0.3, -0.25) is 10.0 Å². The fraction of sp³-hybridized carbons (Fsp3) is 0.333. The van der Waals surface area contributed by atoms with E-state index in [1.54, 1.807) is 17.9 Å². The summed E-state index contributed by atoms with van der Waals surface area (Å²) in [7, 11) is 0. The second-order valence-electron chi connectivity index (χ2n) is 6.17. The molecule has 2 unspecified atom stereocenters. The van der Waals surface area contributed by atoms with E-state index in [0.717, 1.165) is 24.1 Å². The first-order chi connectivity index (χ1) is 12.2. The van der Waals surface area contributed by atoms with Gasteiger partial charge in [-0.25, -0.2) is 10.5 Å². The van der Waals surface area contributed by atoms with Crippen LogP contribution in [-0.2, 0) is 17.6 Å². The Kier molecular flexibility index (Phi) is 5.60. The maximum atomic E-state index is 11.1. The molecular weight excluding hydrogens is 320 g/mol. The van der Waals surface area contributed by atoms with Crippen molar-refractivity contribution in [3.05, 3.63) is 59.2 Å². The van der Waals surface area contributed by atoms with Crippen LogP contribution < -0.4 is 10.8 Å². The molecule has 1 amide bonds. The number of hydrogen-bond acceptors (Lipinski definition) is 5. The highest BCUT2D eigenvalue weighted by Crippen LogP contribution is 2.32. The van der Waals surface area contributed by atoms with Crippen LogP contribution in [-0.4, -0.2) is 38.8 Å². The van der Waals surface area contributed by atoms with E-state index >= 15 is 0 Å². The highest BCUT2D eigenvalue weighted by Gasteiger charge is 2.25. The summed E-state index contributed by atoms with van der Waals surface area (Å²) in [6, 6.07) is 6.21. The number of carbonyl (C=O) groups excluding carboxylic acids is 1. The van der Waals surface area contributed by atoms with Crippen molar-refractivity contribution in [2.45, 2.75) is 31.3 Å². The molecule has 3 rings (SSSR count). The number of nitrogens with one attached hydrogen (secondary N) is 3. The summed E-state index contributed by atoms with van der Waals surface area (Å²) in [4.78, 5) is 18.2. The summed E-state index contributed by atoms with van der Waals surface area (Å²) in [5.41, 5.74) is 5.88. The number of hydrogen-bond donors (Lipinski definition) is 5. The van der Waals surface area contributed by atoms with E-state index in [1.807, 2.05) is 12.3 Å². The molecular formula is C18H22N4O3. The lowest BCUT2D eigenvalue weighted by molar-refractivity contribution is -0.124. The smallest absolute Gasteiger partial charge is 0.267 e. The lowest BCUT2D eigenvalue weighted by Crippen LogP contribution is -2.36. The second-order valence-corrected chi connectivity index (χ2v) is 6.17. The van der Waals surface area contributed by atoms with E-state index in [4.69, 9.17) is 5.21 Å². The number of aryl methyl sites for hydroxylation is 1. The zero-order valence-corrected chi connectivity index (χ0v) is 13.8. The molecule has 0 bridgehead atoms. The summed E-state index contributed by atoms with van der Waals surface area (Å²) >= 11 is 0. The van der Waals surface area contributed by atoms with Crippen LogP contribution in [0, 0.1) is 0 Å². The molecule has 1 aromatic heterocycles. The Morgan fingerprint density at radius 2 is 2.36 bits per heavy atom. The number of aliphatic hydroxyl groups excluding tert-OH is 1. The predicted octanol–water partition coefficient (Wildman–Crippen LogP) is 1.11. The number of aromatic amines is 1. The Labute approximate surface area is 145 Å². The molecule has 132 valence electrons. The molecule has 0 aliphatic heterocycles. The van der Waals surface area contributed by atoms with Gasteiger partial charge in [0.2, 0.25) is 0 Å². The molecule has 0 spiro atoms. The van der Waals surface area contributed by atoms with Gasteiger partial charge in [0.1, 0.15) is 0 Å². The van der Waals surface area contributed by atoms with Gasteiger partial charge >= 0.3 is 0 Å². The lowest BCUT2D eigenvalue weighted by atomic mass is 10.0. The summed E-state index contributed by atoms with van der Waals surface area (Å²) < 4.78 is 0. The molecule has 2 atom stereocenters. The van der Waals surface area contributed by atoms with Crippen LogP contribution in [0.25, 0.3) is 6.08 Å². The average Bonchev–Trinajstić information content (AvgIpc) is 3.28. The van der Waals surface area contributed by atoms with Crippen molar-refractivity contribution in [1.82, 2.24) is 20.8 Å². The number of imidazole rings is 1. The SMILES string of the molecule is O=C(C=Cc1ccc2c(c1)CCC2NC(CO)Cc1c[nH]cn1)NO. The van der Waals surface area contributed by atoms with Gasteiger partial charge in [0, 0.05) is 30.8 Å². The van der Waals surface area contributed by atoms with Crippen LogP contribution in [0.2, 0.25) is 0 Å². The molecule has 7 heteroatoms. The molecule has 1 aliphatic carbocycles. The number of carbonyl (C=O) groups is 1. The van der Waals surface area contributed by atoms with Gasteiger partial charge < -0.3 is 15.4 Å². The third-order valence-electron chi connectivity index (χ3n) is 4.45. The van der Waals surface area contributed by atoms with Crippen molar-refractivity contribution in [2.24, 2.45) is 0 Å². The molecule has 2 aromatic rings. The molecule has 0 saturated carbocycles. The van der Waals surface area contributed by atoms with Crippen molar-refractivity contribution in [3.63, 3.8) is 0 Å². The molecule has 1 aliphatic rings. The monoisotopic (exact) mass is 342 g/mol. The summed E-state index contributed by atoms with van der Waals surface area (Å²) in [5, 5.41) is 21.7. The van der Waals surface area contributed by atoms with E-state index in [1.165, 1.54) is 17.2 Å². The third kappa shape index (κ3) is 4.33. The Morgan fingerprint density at radius 1 is 1.48 bits per heavy atom. The van der Waals surface area contributed by atoms with Gasteiger partial charge in [0.25, 0.3) is 5.91 Å². The first kappa shape index (κ1) is 17.3. The summed E-state index contributed by atoms with van der Waals surface area (Å²) in [6.45, 7) is 0.0514. The minimum absolute atomic E-state index is 0.0490. The summed E-state index contributed by atoms with van der Waals surface area (Å²) in [6.07, 6.45) is 9.02. The van der Waals surface area contributed by atoms with E-state index in [0.29, 0.717) is 6.42 Å². The van der Waals surface area contributed by atoms with Gasteiger partial charge in [0.15, 0.2) is 0 Å². The third-order valence-corrected chi connectivity index (χ3v) is 4.45. The standard InChI is InChI=1S/C18H22N4O3/c23-10-15(8-14-9-19-11-20-14)21-17-5-3-13-7-12(1-4-16(13)17)2-6-18(24)22-25/h1-2,4,6-7,9,11,15,17,21,23,25H,3,5,8,10H2,(H,19,20)(H,22,24). The van der Waals surface area contributed by atoms with Gasteiger partial charge in [-0.15, -0.1) is 0 Å². The number of aliphatic hydroxyl groups is 1. The zero-order valence-electron chi connectivity index (χ0n) is 13.8. The van der Waals surface area contributed by atoms with Crippen LogP contribution in [0.15, 0.2) is 36.8 Å². The van der Waals surface area contributed by atoms with Crippen LogP contribution in [0.3, 0.4) is 0 Å². The Morgan fingerprint density at radius 3 is 3.08 bits per heavy atom. The lowest BCUT2D eigenvalue weighted by Gasteiger charge is -2.21. The number of benzene rings is 1. The minimum atomic E-state index is -0.552. The maximum Gasteiger partial charge on any atom is 0.267 e. The van der Waals surface area contributed by atoms with Gasteiger partial charge in [-0.1, -0.05) is 18.2 Å². The van der Waals surface area contributed by atoms with Gasteiger partial charge in [0.05, 0.1) is 18.6 Å². The fourth-order valence-corrected chi connectivity index (χ4v) is 3.24. The number of rotatable bonds is 7. The molecule has 1 aromatic carbocycles. The first-order valence-corrected chi connectivity index (χ1v) is 8.29. The van der Waals surface area contributed by atoms with E-state index in [-0.39, 0.29) is 18.7 Å². The van der Waals surface area contributed by atoms with E-state index in [2.05, 4.69) is 27.4 Å². The molecule has 0 fully saturated rings. The normalized spacial score (nSPS) is 17.6. The molecule has 0 radical (unpaired) electrons. The van der Waals surface area contributed by atoms with Crippen LogP contribution in [0.5, 0.6) is 0 Å². The average molecular weight is 342 g/mol. The highest BCUT2D eigenvalue weighted by atomic mass is 16.5. The van der Waals surface area contributed by atoms with Crippen molar-refractivity contribution in [3.8, 4) is 0 Å². The predicted molar refractivity (Wildman–Crippen MR) is 92.8 cm³/mol. The van der Waals surface area contributed by atoms with Gasteiger partial charge in [-0.2, -0.15) is 0 Å². The number of amides is 1. The molecule has 7 nitrogen and oxygen atoms in total. The van der Waals surface area contributed by atoms with Crippen LogP contribution >= 0.6 is 0 Å². The topological polar surface area (TPSA) is 110 Å². The van der Waals surface area contributed by atoms with Crippen LogP contribution in [0.1, 0.15) is 34.8 Å². The van der Waals surface area contributed by atoms with Crippen molar-refractivity contribution < 1.29 is 15.1 Å². The largest absolute Gasteiger partial charge is 0.395 e. The quantitative estimate of drug-likeness (QED) is 0.294. The minimum Gasteiger partial charge on any atom is -0.395 e. The molecule has 0 saturated heterocycles. The highest BCUT2D eigenvalue weighted by molar-refractivity contribution is 5.90. The molecule has 25 heavy (non-hydrogen) atoms.